The van der Waals surface area contributed by atoms with Crippen molar-refractivity contribution >= 4 is 24.0 Å². The number of nitrogens with two attached hydrogens (primary N) is 1. The van der Waals surface area contributed by atoms with Crippen LogP contribution < -0.4 is 27.0 Å². The summed E-state index contributed by atoms with van der Waals surface area (Å²) in [7, 11) is 2.85. The number of amides is 4. The number of rotatable bonds is 10. The van der Waals surface area contributed by atoms with Gasteiger partial charge in [0.1, 0.15) is 22.8 Å². The molecule has 0 aromatic heterocycles. The molecule has 0 radical (unpaired) electrons. The van der Waals surface area contributed by atoms with E-state index in [9.17, 15) is 33.1 Å². The van der Waals surface area contributed by atoms with E-state index in [1.54, 1.807) is 53.7 Å². The minimum absolute atomic E-state index is 0. The van der Waals surface area contributed by atoms with Crippen molar-refractivity contribution in [1.82, 2.24) is 21.3 Å². The maximum absolute atomic E-state index is 13.9. The summed E-state index contributed by atoms with van der Waals surface area (Å²) in [6.07, 6.45) is -0.684. The maximum atomic E-state index is 13.9. The first-order valence-electron chi connectivity index (χ1n) is 14.6. The van der Waals surface area contributed by atoms with Gasteiger partial charge in [-0.15, -0.1) is 0 Å². The summed E-state index contributed by atoms with van der Waals surface area (Å²) in [5.74, 6) is -2.28. The summed E-state index contributed by atoms with van der Waals surface area (Å²) in [5.41, 5.74) is 5.48. The Morgan fingerprint density at radius 1 is 0.745 bits per heavy atom. The lowest BCUT2D eigenvalue weighted by Crippen LogP contribution is -2.44. The summed E-state index contributed by atoms with van der Waals surface area (Å²) >= 11 is 0. The van der Waals surface area contributed by atoms with E-state index in [0.717, 1.165) is 0 Å². The number of aliphatic hydroxyl groups excluding tert-OH is 1. The van der Waals surface area contributed by atoms with Crippen LogP contribution in [0.15, 0.2) is 36.4 Å². The van der Waals surface area contributed by atoms with Gasteiger partial charge >= 0.3 is 12.2 Å². The molecule has 2 rings (SSSR count). The van der Waals surface area contributed by atoms with E-state index >= 15 is 0 Å². The summed E-state index contributed by atoms with van der Waals surface area (Å²) in [5, 5.41) is 19.3. The van der Waals surface area contributed by atoms with Crippen LogP contribution in [-0.2, 0) is 22.3 Å². The Morgan fingerprint density at radius 3 is 1.40 bits per heavy atom. The smallest absolute Gasteiger partial charge is 0.407 e. The normalized spacial score (nSPS) is 12.2. The molecule has 2 atom stereocenters. The predicted octanol–water partition coefficient (Wildman–Crippen LogP) is 3.83. The van der Waals surface area contributed by atoms with Crippen LogP contribution in [0.4, 0.5) is 18.4 Å². The molecule has 2 aromatic carbocycles. The summed E-state index contributed by atoms with van der Waals surface area (Å²) in [6, 6.07) is 7.45. The third kappa shape index (κ3) is 16.2. The van der Waals surface area contributed by atoms with Gasteiger partial charge in [-0.25, -0.2) is 18.4 Å². The molecular formula is C33H51F2N5O7. The van der Waals surface area contributed by atoms with Crippen LogP contribution in [-0.4, -0.2) is 79.6 Å². The van der Waals surface area contributed by atoms with Gasteiger partial charge in [0, 0.05) is 26.7 Å². The van der Waals surface area contributed by atoms with Crippen molar-refractivity contribution in [3.05, 3.63) is 70.3 Å². The molecule has 0 aliphatic carbocycles. The lowest BCUT2D eigenvalue weighted by Gasteiger charge is -2.23. The van der Waals surface area contributed by atoms with Gasteiger partial charge in [0.05, 0.1) is 23.8 Å². The number of hydrogen-bond acceptors (Lipinski definition) is 8. The van der Waals surface area contributed by atoms with E-state index in [2.05, 4.69) is 21.3 Å². The van der Waals surface area contributed by atoms with Gasteiger partial charge < -0.3 is 41.6 Å². The van der Waals surface area contributed by atoms with Gasteiger partial charge in [0.25, 0.3) is 11.8 Å². The van der Waals surface area contributed by atoms with E-state index < -0.39 is 58.9 Å². The molecule has 14 heteroatoms. The van der Waals surface area contributed by atoms with E-state index in [1.165, 1.54) is 38.4 Å². The number of aliphatic hydroxyl groups is 1. The molecule has 0 bridgehead atoms. The first kappa shape index (κ1) is 42.7. The number of carbonyl (C=O) groups is 4. The molecule has 7 N–H and O–H groups in total. The highest BCUT2D eigenvalue weighted by Crippen LogP contribution is 2.15. The Morgan fingerprint density at radius 2 is 1.11 bits per heavy atom. The van der Waals surface area contributed by atoms with Crippen LogP contribution in [0, 0.1) is 11.6 Å². The van der Waals surface area contributed by atoms with Crippen LogP contribution >= 0.6 is 0 Å². The number of ether oxygens (including phenoxy) is 2. The van der Waals surface area contributed by atoms with Crippen molar-refractivity contribution in [3.63, 3.8) is 0 Å². The molecule has 0 saturated carbocycles. The zero-order chi connectivity index (χ0) is 35.2. The molecule has 0 spiro atoms. The molecule has 12 nitrogen and oxygen atoms in total. The highest BCUT2D eigenvalue weighted by molar-refractivity contribution is 5.94. The Bertz CT molecular complexity index is 1240. The fraction of sp³-hybridized carbons (Fsp3) is 0.515. The summed E-state index contributed by atoms with van der Waals surface area (Å²) < 4.78 is 38.1. The van der Waals surface area contributed by atoms with Crippen LogP contribution in [0.25, 0.3) is 0 Å². The number of carbonyl (C=O) groups excluding carboxylic acids is 4. The second-order valence-corrected chi connectivity index (χ2v) is 12.3. The molecule has 0 saturated heterocycles. The first-order chi connectivity index (χ1) is 21.3. The Labute approximate surface area is 276 Å². The standard InChI is InChI=1S/C16H24FN3O3.C16H23FN2O4.CH4/c1-16(2,3)23-15(22)20-11(9-18)7-10-5-6-12(13(17)8-10)14(21)19-4;1-16(2,3)23-15(22)19-11(9-20)7-10-5-6-12(13(17)8-10)14(21)18-4;/h5-6,8,11H,7,9,18H2,1-4H3,(H,19,21)(H,20,22);5-6,8,11,20H,7,9H2,1-4H3,(H,18,21)(H,19,22);1H4. The number of alkyl carbamates (subject to hydrolysis) is 2. The first-order valence-corrected chi connectivity index (χ1v) is 14.6. The van der Waals surface area contributed by atoms with Gasteiger partial charge in [0.2, 0.25) is 0 Å². The highest BCUT2D eigenvalue weighted by Gasteiger charge is 2.21. The zero-order valence-corrected chi connectivity index (χ0v) is 27.7. The molecule has 0 aliphatic rings. The molecule has 2 aromatic rings. The summed E-state index contributed by atoms with van der Waals surface area (Å²) in [6.45, 7) is 10.3. The van der Waals surface area contributed by atoms with E-state index in [0.29, 0.717) is 17.5 Å². The van der Waals surface area contributed by atoms with Gasteiger partial charge in [-0.2, -0.15) is 0 Å². The highest BCUT2D eigenvalue weighted by atomic mass is 19.1. The molecule has 264 valence electrons. The number of halogens is 2. The van der Waals surface area contributed by atoms with E-state index in [4.69, 9.17) is 15.2 Å². The largest absolute Gasteiger partial charge is 0.444 e. The minimum atomic E-state index is -0.657. The van der Waals surface area contributed by atoms with Gasteiger partial charge in [0.15, 0.2) is 0 Å². The Balaban J connectivity index is 0.000000882. The maximum Gasteiger partial charge on any atom is 0.407 e. The lowest BCUT2D eigenvalue weighted by molar-refractivity contribution is 0.0478. The van der Waals surface area contributed by atoms with Gasteiger partial charge in [-0.1, -0.05) is 19.6 Å². The van der Waals surface area contributed by atoms with Gasteiger partial charge in [-0.3, -0.25) is 9.59 Å². The van der Waals surface area contributed by atoms with Crippen molar-refractivity contribution in [2.45, 2.75) is 85.1 Å². The van der Waals surface area contributed by atoms with Crippen molar-refractivity contribution in [2.75, 3.05) is 27.2 Å². The fourth-order valence-corrected chi connectivity index (χ4v) is 3.88. The molecular weight excluding hydrogens is 616 g/mol. The average Bonchev–Trinajstić information content (AvgIpc) is 2.94. The number of hydrogen-bond donors (Lipinski definition) is 6. The van der Waals surface area contributed by atoms with Crippen molar-refractivity contribution < 1.29 is 42.5 Å². The number of nitrogens with one attached hydrogen (secondary N) is 4. The zero-order valence-electron chi connectivity index (χ0n) is 27.7. The molecule has 0 fully saturated rings. The number of benzene rings is 2. The quantitative estimate of drug-likeness (QED) is 0.221. The van der Waals surface area contributed by atoms with Crippen LogP contribution in [0.2, 0.25) is 0 Å². The van der Waals surface area contributed by atoms with Crippen molar-refractivity contribution in [3.8, 4) is 0 Å². The topological polar surface area (TPSA) is 181 Å². The van der Waals surface area contributed by atoms with Crippen molar-refractivity contribution in [2.24, 2.45) is 5.73 Å². The molecule has 47 heavy (non-hydrogen) atoms. The third-order valence-corrected chi connectivity index (χ3v) is 5.92. The monoisotopic (exact) mass is 667 g/mol. The third-order valence-electron chi connectivity index (χ3n) is 5.92. The molecule has 4 amide bonds. The van der Waals surface area contributed by atoms with Crippen LogP contribution in [0.1, 0.15) is 80.8 Å². The Hall–Kier alpha value is -4.30. The minimum Gasteiger partial charge on any atom is -0.444 e. The SMILES string of the molecule is C.CNC(=O)c1ccc(CC(CN)NC(=O)OC(C)(C)C)cc1F.CNC(=O)c1ccc(CC(CO)NC(=O)OC(C)(C)C)cc1F. The van der Waals surface area contributed by atoms with E-state index in [1.807, 2.05) is 0 Å². The van der Waals surface area contributed by atoms with Crippen LogP contribution in [0.5, 0.6) is 0 Å². The lowest BCUT2D eigenvalue weighted by atomic mass is 10.0. The van der Waals surface area contributed by atoms with Crippen molar-refractivity contribution in [1.29, 1.82) is 0 Å². The van der Waals surface area contributed by atoms with E-state index in [-0.39, 0.29) is 38.1 Å². The second kappa shape index (κ2) is 19.4. The molecule has 0 aliphatic heterocycles. The average molecular weight is 668 g/mol. The molecule has 0 heterocycles. The Kier molecular flexibility index (Phi) is 17.6. The van der Waals surface area contributed by atoms with Gasteiger partial charge in [-0.05, 0) is 89.8 Å². The second-order valence-electron chi connectivity index (χ2n) is 12.3. The predicted molar refractivity (Wildman–Crippen MR) is 176 cm³/mol. The van der Waals surface area contributed by atoms with Crippen LogP contribution in [0.3, 0.4) is 0 Å². The molecule has 2 unspecified atom stereocenters. The fourth-order valence-electron chi connectivity index (χ4n) is 3.88. The summed E-state index contributed by atoms with van der Waals surface area (Å²) in [4.78, 5) is 46.3.